The first-order valence-corrected chi connectivity index (χ1v) is 12.7. The van der Waals surface area contributed by atoms with Crippen LogP contribution in [-0.4, -0.2) is 57.9 Å². The molecule has 1 aromatic heterocycles. The topological polar surface area (TPSA) is 73.7 Å². The number of rotatable bonds is 8. The maximum Gasteiger partial charge on any atom is 0.309 e. The molecule has 0 saturated carbocycles. The van der Waals surface area contributed by atoms with Crippen molar-refractivity contribution in [2.45, 2.75) is 44.0 Å². The quantitative estimate of drug-likeness (QED) is 0.343. The number of nitrogens with zero attached hydrogens (tertiary/aromatic N) is 3. The maximum absolute atomic E-state index is 13.2. The van der Waals surface area contributed by atoms with Gasteiger partial charge in [-0.1, -0.05) is 23.9 Å². The first-order valence-electron chi connectivity index (χ1n) is 11.8. The Labute approximate surface area is 204 Å². The van der Waals surface area contributed by atoms with Crippen LogP contribution in [0, 0.1) is 5.92 Å². The Bertz CT molecular complexity index is 1140. The van der Waals surface area contributed by atoms with Gasteiger partial charge in [0.05, 0.1) is 35.4 Å². The highest BCUT2D eigenvalue weighted by Gasteiger charge is 2.31. The van der Waals surface area contributed by atoms with E-state index < -0.39 is 0 Å². The van der Waals surface area contributed by atoms with Crippen LogP contribution in [0.15, 0.2) is 53.7 Å². The summed E-state index contributed by atoms with van der Waals surface area (Å²) in [4.78, 5) is 31.9. The summed E-state index contributed by atoms with van der Waals surface area (Å²) in [5.41, 5.74) is 2.84. The van der Waals surface area contributed by atoms with Gasteiger partial charge in [0.1, 0.15) is 5.75 Å². The largest absolute Gasteiger partial charge is 0.494 e. The molecule has 1 atom stereocenters. The second-order valence-electron chi connectivity index (χ2n) is 8.26. The van der Waals surface area contributed by atoms with Crippen molar-refractivity contribution in [3.8, 4) is 11.4 Å². The summed E-state index contributed by atoms with van der Waals surface area (Å²) in [7, 11) is 0. The van der Waals surface area contributed by atoms with Gasteiger partial charge in [0.15, 0.2) is 5.16 Å². The average molecular weight is 482 g/mol. The van der Waals surface area contributed by atoms with E-state index in [-0.39, 0.29) is 23.0 Å². The molecule has 0 spiro atoms. The van der Waals surface area contributed by atoms with Gasteiger partial charge >= 0.3 is 5.97 Å². The SMILES string of the molecule is CCOC(=O)C1CCN(C(=O)C(C)Sc2nc3ccccc3n2-c2ccc(OCC)cc2)CC1. The summed E-state index contributed by atoms with van der Waals surface area (Å²) in [6.45, 7) is 7.85. The van der Waals surface area contributed by atoms with Gasteiger partial charge in [-0.3, -0.25) is 14.2 Å². The molecule has 2 aromatic carbocycles. The minimum atomic E-state index is -0.308. The third kappa shape index (κ3) is 5.22. The van der Waals surface area contributed by atoms with Crippen LogP contribution in [0.25, 0.3) is 16.7 Å². The predicted octanol–water partition coefficient (Wildman–Crippen LogP) is 4.71. The van der Waals surface area contributed by atoms with Crippen molar-refractivity contribution in [2.75, 3.05) is 26.3 Å². The van der Waals surface area contributed by atoms with Crippen molar-refractivity contribution in [1.29, 1.82) is 0 Å². The lowest BCUT2D eigenvalue weighted by Crippen LogP contribution is -2.43. The van der Waals surface area contributed by atoms with Gasteiger partial charge < -0.3 is 14.4 Å². The summed E-state index contributed by atoms with van der Waals surface area (Å²) >= 11 is 1.46. The fraction of sp³-hybridized carbons (Fsp3) is 0.423. The Kier molecular flexibility index (Phi) is 7.77. The predicted molar refractivity (Wildman–Crippen MR) is 133 cm³/mol. The summed E-state index contributed by atoms with van der Waals surface area (Å²) in [6.07, 6.45) is 1.29. The van der Waals surface area contributed by atoms with Crippen molar-refractivity contribution >= 4 is 34.7 Å². The molecule has 2 heterocycles. The number of likely N-dealkylation sites (tertiary alicyclic amines) is 1. The van der Waals surface area contributed by atoms with Gasteiger partial charge in [0.2, 0.25) is 5.91 Å². The molecule has 8 heteroatoms. The highest BCUT2D eigenvalue weighted by molar-refractivity contribution is 8.00. The van der Waals surface area contributed by atoms with Crippen LogP contribution in [0.4, 0.5) is 0 Å². The molecule has 0 bridgehead atoms. The molecule has 180 valence electrons. The van der Waals surface area contributed by atoms with Gasteiger partial charge in [-0.15, -0.1) is 0 Å². The standard InChI is InChI=1S/C26H31N3O4S/c1-4-32-21-12-10-20(11-13-21)29-23-9-7-6-8-22(23)27-26(29)34-18(3)24(30)28-16-14-19(15-17-28)25(31)33-5-2/h6-13,18-19H,4-5,14-17H2,1-3H3. The number of hydrogen-bond acceptors (Lipinski definition) is 6. The van der Waals surface area contributed by atoms with Crippen molar-refractivity contribution in [3.05, 3.63) is 48.5 Å². The number of fused-ring (bicyclic) bond motifs is 1. The van der Waals surface area contributed by atoms with E-state index in [1.807, 2.05) is 74.2 Å². The number of carbonyl (C=O) groups is 2. The Morgan fingerprint density at radius 2 is 1.76 bits per heavy atom. The fourth-order valence-electron chi connectivity index (χ4n) is 4.25. The van der Waals surface area contributed by atoms with Crippen molar-refractivity contribution in [2.24, 2.45) is 5.92 Å². The number of piperidine rings is 1. The number of benzene rings is 2. The molecule has 1 amide bonds. The first-order chi connectivity index (χ1) is 16.5. The van der Waals surface area contributed by atoms with E-state index in [0.29, 0.717) is 39.1 Å². The number of para-hydroxylation sites is 2. The number of carbonyl (C=O) groups excluding carboxylic acids is 2. The first kappa shape index (κ1) is 24.1. The lowest BCUT2D eigenvalue weighted by Gasteiger charge is -2.32. The van der Waals surface area contributed by atoms with Crippen molar-refractivity contribution in [3.63, 3.8) is 0 Å². The fourth-order valence-corrected chi connectivity index (χ4v) is 5.28. The van der Waals surface area contributed by atoms with E-state index in [2.05, 4.69) is 4.57 Å². The van der Waals surface area contributed by atoms with Crippen LogP contribution in [0.1, 0.15) is 33.6 Å². The molecule has 7 nitrogen and oxygen atoms in total. The number of imidazole rings is 1. The van der Waals surface area contributed by atoms with Gasteiger partial charge in [0.25, 0.3) is 0 Å². The van der Waals surface area contributed by atoms with E-state index in [9.17, 15) is 9.59 Å². The van der Waals surface area contributed by atoms with Gasteiger partial charge in [-0.2, -0.15) is 0 Å². The minimum absolute atomic E-state index is 0.0672. The lowest BCUT2D eigenvalue weighted by atomic mass is 9.97. The molecular formula is C26H31N3O4S. The van der Waals surface area contributed by atoms with Crippen molar-refractivity contribution in [1.82, 2.24) is 14.5 Å². The molecule has 3 aromatic rings. The van der Waals surface area contributed by atoms with Crippen molar-refractivity contribution < 1.29 is 19.1 Å². The highest BCUT2D eigenvalue weighted by Crippen LogP contribution is 2.32. The number of thioether (sulfide) groups is 1. The normalized spacial score (nSPS) is 15.3. The van der Waals surface area contributed by atoms with Crippen LogP contribution in [0.2, 0.25) is 0 Å². The highest BCUT2D eigenvalue weighted by atomic mass is 32.2. The Morgan fingerprint density at radius 3 is 2.44 bits per heavy atom. The van der Waals surface area contributed by atoms with Gasteiger partial charge in [-0.05, 0) is 70.0 Å². The molecule has 0 radical (unpaired) electrons. The second-order valence-corrected chi connectivity index (χ2v) is 9.57. The lowest BCUT2D eigenvalue weighted by molar-refractivity contribution is -0.151. The number of amides is 1. The minimum Gasteiger partial charge on any atom is -0.494 e. The Balaban J connectivity index is 1.51. The van der Waals surface area contributed by atoms with E-state index >= 15 is 0 Å². The molecule has 4 rings (SSSR count). The van der Waals surface area contributed by atoms with Crippen LogP contribution in [-0.2, 0) is 14.3 Å². The monoisotopic (exact) mass is 481 g/mol. The molecule has 1 saturated heterocycles. The third-order valence-electron chi connectivity index (χ3n) is 5.99. The second kappa shape index (κ2) is 11.0. The summed E-state index contributed by atoms with van der Waals surface area (Å²) in [5.74, 6) is 0.620. The average Bonchev–Trinajstić information content (AvgIpc) is 3.22. The summed E-state index contributed by atoms with van der Waals surface area (Å²) in [6, 6.07) is 15.9. The smallest absolute Gasteiger partial charge is 0.309 e. The molecular weight excluding hydrogens is 450 g/mol. The molecule has 1 fully saturated rings. The number of esters is 1. The van der Waals surface area contributed by atoms with Crippen LogP contribution < -0.4 is 4.74 Å². The molecule has 1 aliphatic heterocycles. The van der Waals surface area contributed by atoms with Crippen LogP contribution >= 0.6 is 11.8 Å². The van der Waals surface area contributed by atoms with E-state index in [1.165, 1.54) is 11.8 Å². The van der Waals surface area contributed by atoms with E-state index in [0.717, 1.165) is 27.6 Å². The summed E-state index contributed by atoms with van der Waals surface area (Å²) < 4.78 is 12.8. The number of aromatic nitrogens is 2. The molecule has 1 aliphatic rings. The van der Waals surface area contributed by atoms with Gasteiger partial charge in [-0.25, -0.2) is 4.98 Å². The van der Waals surface area contributed by atoms with E-state index in [1.54, 1.807) is 0 Å². The Morgan fingerprint density at radius 1 is 1.06 bits per heavy atom. The zero-order chi connectivity index (χ0) is 24.1. The molecule has 34 heavy (non-hydrogen) atoms. The van der Waals surface area contributed by atoms with Gasteiger partial charge in [0, 0.05) is 18.8 Å². The molecule has 0 aliphatic carbocycles. The maximum atomic E-state index is 13.2. The van der Waals surface area contributed by atoms with Crippen LogP contribution in [0.5, 0.6) is 5.75 Å². The molecule has 1 unspecified atom stereocenters. The number of ether oxygens (including phenoxy) is 2. The zero-order valence-electron chi connectivity index (χ0n) is 19.9. The van der Waals surface area contributed by atoms with E-state index in [4.69, 9.17) is 14.5 Å². The van der Waals surface area contributed by atoms with Crippen LogP contribution in [0.3, 0.4) is 0 Å². The zero-order valence-corrected chi connectivity index (χ0v) is 20.7. The summed E-state index contributed by atoms with van der Waals surface area (Å²) in [5, 5.41) is 0.463. The molecule has 0 N–H and O–H groups in total. The Hall–Kier alpha value is -3.00. The number of hydrogen-bond donors (Lipinski definition) is 0. The third-order valence-corrected chi connectivity index (χ3v) is 7.03.